The van der Waals surface area contributed by atoms with Crippen LogP contribution in [0.5, 0.6) is 0 Å². The number of nitrogens with one attached hydrogen (secondary N) is 1. The van der Waals surface area contributed by atoms with Crippen LogP contribution in [0.3, 0.4) is 0 Å². The highest BCUT2D eigenvalue weighted by Gasteiger charge is 2.36. The summed E-state index contributed by atoms with van der Waals surface area (Å²) in [7, 11) is 0. The summed E-state index contributed by atoms with van der Waals surface area (Å²) in [4.78, 5) is 0. The fraction of sp³-hybridized carbons (Fsp3) is 0.462. The predicted octanol–water partition coefficient (Wildman–Crippen LogP) is 2.99. The van der Waals surface area contributed by atoms with Crippen LogP contribution in [0.25, 0.3) is 10.9 Å². The molecule has 0 bridgehead atoms. The molecular formula is C13H16ClN3. The van der Waals surface area contributed by atoms with Crippen molar-refractivity contribution in [1.29, 1.82) is 0 Å². The maximum atomic E-state index is 6.22. The molecule has 3 rings (SSSR count). The van der Waals surface area contributed by atoms with Crippen molar-refractivity contribution in [3.8, 4) is 0 Å². The lowest BCUT2D eigenvalue weighted by atomic mass is 9.77. The van der Waals surface area contributed by atoms with Crippen molar-refractivity contribution < 1.29 is 0 Å². The number of H-pyrrole nitrogens is 1. The van der Waals surface area contributed by atoms with E-state index in [0.29, 0.717) is 11.7 Å². The number of fused-ring (bicyclic) bond motifs is 1. The molecule has 3 N–H and O–H groups in total. The molecule has 0 amide bonds. The van der Waals surface area contributed by atoms with Gasteiger partial charge >= 0.3 is 0 Å². The van der Waals surface area contributed by atoms with Crippen LogP contribution in [0.4, 0.5) is 0 Å². The van der Waals surface area contributed by atoms with E-state index in [1.54, 1.807) is 0 Å². The lowest BCUT2D eigenvalue weighted by Gasteiger charge is -2.28. The number of halogens is 1. The van der Waals surface area contributed by atoms with Crippen molar-refractivity contribution in [2.75, 3.05) is 6.54 Å². The molecule has 0 unspecified atom stereocenters. The van der Waals surface area contributed by atoms with Crippen LogP contribution >= 0.6 is 11.6 Å². The number of nitrogens with zero attached hydrogens (tertiary/aromatic N) is 1. The van der Waals surface area contributed by atoms with Crippen molar-refractivity contribution >= 4 is 22.5 Å². The third-order valence-corrected chi connectivity index (χ3v) is 4.33. The second-order valence-corrected chi connectivity index (χ2v) is 5.31. The van der Waals surface area contributed by atoms with E-state index in [9.17, 15) is 0 Å². The van der Waals surface area contributed by atoms with Crippen molar-refractivity contribution in [2.45, 2.75) is 31.1 Å². The zero-order valence-electron chi connectivity index (χ0n) is 9.67. The molecule has 3 nitrogen and oxygen atoms in total. The summed E-state index contributed by atoms with van der Waals surface area (Å²) in [5, 5.41) is 8.77. The summed E-state index contributed by atoms with van der Waals surface area (Å²) in [6, 6.07) is 6.19. The Hall–Kier alpha value is -1.06. The summed E-state index contributed by atoms with van der Waals surface area (Å²) in [6.07, 6.45) is 4.82. The number of benzene rings is 1. The van der Waals surface area contributed by atoms with Gasteiger partial charge in [0.1, 0.15) is 5.15 Å². The quantitative estimate of drug-likeness (QED) is 0.860. The average molecular weight is 250 g/mol. The normalized spacial score (nSPS) is 18.9. The minimum absolute atomic E-state index is 0.104. The number of aromatic nitrogens is 2. The van der Waals surface area contributed by atoms with Gasteiger partial charge in [0.2, 0.25) is 0 Å². The van der Waals surface area contributed by atoms with Crippen molar-refractivity contribution in [2.24, 2.45) is 5.73 Å². The average Bonchev–Trinajstić information content (AvgIpc) is 2.97. The molecular weight excluding hydrogens is 234 g/mol. The highest BCUT2D eigenvalue weighted by Crippen LogP contribution is 2.43. The molecule has 1 fully saturated rings. The maximum absolute atomic E-state index is 6.22. The molecule has 1 heterocycles. The SMILES string of the molecule is NCC1(c2cccc3n[nH]c(Cl)c23)CCCC1. The van der Waals surface area contributed by atoms with E-state index in [2.05, 4.69) is 16.3 Å². The van der Waals surface area contributed by atoms with Gasteiger partial charge in [-0.25, -0.2) is 0 Å². The Morgan fingerprint density at radius 1 is 1.35 bits per heavy atom. The minimum atomic E-state index is 0.104. The smallest absolute Gasteiger partial charge is 0.132 e. The molecule has 1 aromatic heterocycles. The third-order valence-electron chi connectivity index (χ3n) is 4.06. The molecule has 1 aliphatic rings. The van der Waals surface area contributed by atoms with Crippen LogP contribution in [0.2, 0.25) is 5.15 Å². The minimum Gasteiger partial charge on any atom is -0.330 e. The Kier molecular flexibility index (Phi) is 2.60. The standard InChI is InChI=1S/C13H16ClN3/c14-12-11-9(4-3-5-10(11)16-17-12)13(8-15)6-1-2-7-13/h3-5H,1-2,6-8,15H2,(H,16,17). The molecule has 1 aromatic carbocycles. The fourth-order valence-electron chi connectivity index (χ4n) is 3.11. The molecule has 0 atom stereocenters. The second-order valence-electron chi connectivity index (χ2n) is 4.93. The highest BCUT2D eigenvalue weighted by atomic mass is 35.5. The van der Waals surface area contributed by atoms with Gasteiger partial charge in [0.05, 0.1) is 5.52 Å². The van der Waals surface area contributed by atoms with Gasteiger partial charge in [-0.05, 0) is 24.5 Å². The van der Waals surface area contributed by atoms with Crippen molar-refractivity contribution in [3.05, 3.63) is 28.9 Å². The second kappa shape index (κ2) is 4.00. The number of aromatic amines is 1. The predicted molar refractivity (Wildman–Crippen MR) is 70.3 cm³/mol. The van der Waals surface area contributed by atoms with Gasteiger partial charge in [-0.3, -0.25) is 5.10 Å². The van der Waals surface area contributed by atoms with E-state index in [1.165, 1.54) is 18.4 Å². The summed E-state index contributed by atoms with van der Waals surface area (Å²) in [5.41, 5.74) is 8.35. The zero-order chi connectivity index (χ0) is 11.9. The summed E-state index contributed by atoms with van der Waals surface area (Å²) >= 11 is 6.22. The first kappa shape index (κ1) is 11.1. The molecule has 0 spiro atoms. The largest absolute Gasteiger partial charge is 0.330 e. The lowest BCUT2D eigenvalue weighted by molar-refractivity contribution is 0.457. The first-order valence-corrected chi connectivity index (χ1v) is 6.48. The van der Waals surface area contributed by atoms with E-state index in [4.69, 9.17) is 17.3 Å². The van der Waals surface area contributed by atoms with E-state index < -0.39 is 0 Å². The van der Waals surface area contributed by atoms with Gasteiger partial charge in [-0.15, -0.1) is 0 Å². The molecule has 2 aromatic rings. The Labute approximate surface area is 105 Å². The van der Waals surface area contributed by atoms with Crippen molar-refractivity contribution in [1.82, 2.24) is 10.2 Å². The Morgan fingerprint density at radius 2 is 2.12 bits per heavy atom. The molecule has 1 saturated carbocycles. The maximum Gasteiger partial charge on any atom is 0.132 e. The van der Waals surface area contributed by atoms with Gasteiger partial charge in [0.15, 0.2) is 0 Å². The Morgan fingerprint density at radius 3 is 2.82 bits per heavy atom. The van der Waals surface area contributed by atoms with E-state index >= 15 is 0 Å². The number of nitrogens with two attached hydrogens (primary N) is 1. The van der Waals surface area contributed by atoms with Crippen LogP contribution in [-0.4, -0.2) is 16.7 Å². The van der Waals surface area contributed by atoms with Gasteiger partial charge in [-0.1, -0.05) is 36.6 Å². The van der Waals surface area contributed by atoms with Gasteiger partial charge in [0, 0.05) is 17.3 Å². The summed E-state index contributed by atoms with van der Waals surface area (Å²) < 4.78 is 0. The van der Waals surface area contributed by atoms with Crippen LogP contribution in [0.15, 0.2) is 18.2 Å². The topological polar surface area (TPSA) is 54.7 Å². The van der Waals surface area contributed by atoms with Crippen LogP contribution in [0.1, 0.15) is 31.2 Å². The zero-order valence-corrected chi connectivity index (χ0v) is 10.4. The molecule has 4 heteroatoms. The first-order chi connectivity index (χ1) is 8.27. The highest BCUT2D eigenvalue weighted by molar-refractivity contribution is 6.34. The van der Waals surface area contributed by atoms with Gasteiger partial charge in [-0.2, -0.15) is 5.10 Å². The number of rotatable bonds is 2. The first-order valence-electron chi connectivity index (χ1n) is 6.10. The fourth-order valence-corrected chi connectivity index (χ4v) is 3.35. The van der Waals surface area contributed by atoms with E-state index in [1.807, 2.05) is 12.1 Å². The molecule has 17 heavy (non-hydrogen) atoms. The summed E-state index contributed by atoms with van der Waals surface area (Å²) in [5.74, 6) is 0. The van der Waals surface area contributed by atoms with Gasteiger partial charge in [0.25, 0.3) is 0 Å². The third kappa shape index (κ3) is 1.57. The van der Waals surface area contributed by atoms with Gasteiger partial charge < -0.3 is 5.73 Å². The van der Waals surface area contributed by atoms with Crippen molar-refractivity contribution in [3.63, 3.8) is 0 Å². The van der Waals surface area contributed by atoms with E-state index in [0.717, 1.165) is 23.7 Å². The molecule has 0 saturated heterocycles. The van der Waals surface area contributed by atoms with Crippen LogP contribution in [-0.2, 0) is 5.41 Å². The number of hydrogen-bond donors (Lipinski definition) is 2. The van der Waals surface area contributed by atoms with Crippen LogP contribution in [0, 0.1) is 0 Å². The summed E-state index contributed by atoms with van der Waals surface area (Å²) in [6.45, 7) is 0.688. The monoisotopic (exact) mass is 249 g/mol. The van der Waals surface area contributed by atoms with Crippen LogP contribution < -0.4 is 5.73 Å². The molecule has 0 aliphatic heterocycles. The van der Waals surface area contributed by atoms with E-state index in [-0.39, 0.29) is 5.41 Å². The Balaban J connectivity index is 2.25. The molecule has 1 aliphatic carbocycles. The Bertz CT molecular complexity index is 541. The number of hydrogen-bond acceptors (Lipinski definition) is 2. The lowest BCUT2D eigenvalue weighted by Crippen LogP contribution is -2.32. The molecule has 90 valence electrons. The molecule has 0 radical (unpaired) electrons.